The van der Waals surface area contributed by atoms with Crippen LogP contribution >= 0.6 is 11.3 Å². The highest BCUT2D eigenvalue weighted by molar-refractivity contribution is 7.07. The van der Waals surface area contributed by atoms with Gasteiger partial charge in [-0.25, -0.2) is 4.98 Å². The summed E-state index contributed by atoms with van der Waals surface area (Å²) in [6.07, 6.45) is 0. The van der Waals surface area contributed by atoms with Crippen LogP contribution in [0, 0.1) is 15.6 Å². The number of nitro benzene ring substituents is 1. The first-order valence-electron chi connectivity index (χ1n) is 3.84. The Hall–Kier alpha value is -1.75. The molecule has 0 aliphatic carbocycles. The first-order valence-corrected chi connectivity index (χ1v) is 4.72. The lowest BCUT2D eigenvalue weighted by atomic mass is 10.1. The minimum Gasteiger partial charge on any atom is -0.258 e. The van der Waals surface area contributed by atoms with Crippen molar-refractivity contribution in [3.63, 3.8) is 0 Å². The molecule has 0 amide bonds. The smallest absolute Gasteiger partial charge is 0.258 e. The summed E-state index contributed by atoms with van der Waals surface area (Å²) in [6.45, 7) is 0. The van der Waals surface area contributed by atoms with Crippen molar-refractivity contribution in [2.75, 3.05) is 0 Å². The Morgan fingerprint density at radius 1 is 1.36 bits per heavy atom. The molecule has 69 valence electrons. The third kappa shape index (κ3) is 1.62. The van der Waals surface area contributed by atoms with Crippen LogP contribution in [0.1, 0.15) is 0 Å². The normalized spacial score (nSPS) is 10.0. The molecule has 0 aliphatic rings. The van der Waals surface area contributed by atoms with Crippen molar-refractivity contribution in [3.05, 3.63) is 45.3 Å². The lowest BCUT2D eigenvalue weighted by molar-refractivity contribution is -0.384. The van der Waals surface area contributed by atoms with Crippen molar-refractivity contribution >= 4 is 17.0 Å². The van der Waals surface area contributed by atoms with E-state index >= 15 is 0 Å². The second-order valence-corrected chi connectivity index (χ2v) is 3.28. The Bertz CT molecular complexity index is 436. The van der Waals surface area contributed by atoms with Gasteiger partial charge in [-0.15, -0.1) is 11.3 Å². The van der Waals surface area contributed by atoms with Crippen LogP contribution in [0.25, 0.3) is 11.3 Å². The molecule has 0 N–H and O–H groups in total. The van der Waals surface area contributed by atoms with Crippen LogP contribution < -0.4 is 0 Å². The predicted octanol–water partition coefficient (Wildman–Crippen LogP) is 2.52. The minimum atomic E-state index is -0.420. The average molecular weight is 205 g/mol. The van der Waals surface area contributed by atoms with Gasteiger partial charge in [-0.2, -0.15) is 0 Å². The summed E-state index contributed by atoms with van der Waals surface area (Å²) in [5.74, 6) is 0. The van der Waals surface area contributed by atoms with Crippen LogP contribution in [-0.4, -0.2) is 9.91 Å². The van der Waals surface area contributed by atoms with Gasteiger partial charge in [0, 0.05) is 23.1 Å². The van der Waals surface area contributed by atoms with E-state index in [1.807, 2.05) is 5.38 Å². The maximum atomic E-state index is 10.4. The number of thiazole rings is 1. The molecule has 1 radical (unpaired) electrons. The highest BCUT2D eigenvalue weighted by Crippen LogP contribution is 2.21. The molecule has 0 aliphatic heterocycles. The number of hydrogen-bond donors (Lipinski definition) is 0. The second kappa shape index (κ2) is 3.55. The highest BCUT2D eigenvalue weighted by atomic mass is 32.1. The number of nitrogens with zero attached hydrogens (tertiary/aromatic N) is 2. The zero-order chi connectivity index (χ0) is 9.97. The summed E-state index contributed by atoms with van der Waals surface area (Å²) < 4.78 is 0. The summed E-state index contributed by atoms with van der Waals surface area (Å²) in [5, 5.41) is 12.2. The molecule has 1 aromatic heterocycles. The first-order chi connectivity index (χ1) is 6.77. The average Bonchev–Trinajstić information content (AvgIpc) is 2.71. The van der Waals surface area contributed by atoms with Crippen molar-refractivity contribution in [3.8, 4) is 11.3 Å². The fourth-order valence-corrected chi connectivity index (χ4v) is 1.57. The zero-order valence-electron chi connectivity index (χ0n) is 7.01. The summed E-state index contributed by atoms with van der Waals surface area (Å²) in [7, 11) is 0. The third-order valence-electron chi connectivity index (χ3n) is 1.76. The molecule has 14 heavy (non-hydrogen) atoms. The Morgan fingerprint density at radius 2 is 2.07 bits per heavy atom. The SMILES string of the molecule is O=[N+]([O-])c1ccc(-c2cs[c]n2)cc1. The van der Waals surface area contributed by atoms with Crippen molar-refractivity contribution in [2.45, 2.75) is 0 Å². The number of hydrogen-bond acceptors (Lipinski definition) is 4. The molecule has 0 atom stereocenters. The third-order valence-corrected chi connectivity index (χ3v) is 2.30. The van der Waals surface area contributed by atoms with Gasteiger partial charge in [0.05, 0.1) is 10.6 Å². The molecule has 0 fully saturated rings. The minimum absolute atomic E-state index is 0.0907. The fourth-order valence-electron chi connectivity index (χ4n) is 1.07. The van der Waals surface area contributed by atoms with Crippen LogP contribution in [0.4, 0.5) is 5.69 Å². The molecule has 2 aromatic rings. The molecule has 0 spiro atoms. The summed E-state index contributed by atoms with van der Waals surface area (Å²) in [5.41, 5.74) is 4.48. The summed E-state index contributed by atoms with van der Waals surface area (Å²) in [6, 6.07) is 6.30. The molecule has 1 heterocycles. The van der Waals surface area contributed by atoms with Crippen LogP contribution in [0.5, 0.6) is 0 Å². The number of non-ortho nitro benzene ring substituents is 1. The summed E-state index contributed by atoms with van der Waals surface area (Å²) in [4.78, 5) is 13.9. The van der Waals surface area contributed by atoms with E-state index in [9.17, 15) is 10.1 Å². The fraction of sp³-hybridized carbons (Fsp3) is 0. The molecular formula is C9H5N2O2S. The van der Waals surface area contributed by atoms with Gasteiger partial charge in [-0.1, -0.05) is 0 Å². The van der Waals surface area contributed by atoms with Gasteiger partial charge in [0.2, 0.25) is 0 Å². The molecule has 0 saturated heterocycles. The molecule has 5 heteroatoms. The lowest BCUT2D eigenvalue weighted by Crippen LogP contribution is -1.86. The zero-order valence-corrected chi connectivity index (χ0v) is 7.82. The molecule has 1 aromatic carbocycles. The summed E-state index contributed by atoms with van der Waals surface area (Å²) >= 11 is 1.37. The second-order valence-electron chi connectivity index (χ2n) is 2.63. The van der Waals surface area contributed by atoms with E-state index in [1.54, 1.807) is 12.1 Å². The van der Waals surface area contributed by atoms with Gasteiger partial charge in [0.15, 0.2) is 5.51 Å². The first kappa shape index (κ1) is 8.83. The molecule has 0 unspecified atom stereocenters. The van der Waals surface area contributed by atoms with Gasteiger partial charge < -0.3 is 0 Å². The van der Waals surface area contributed by atoms with E-state index in [1.165, 1.54) is 23.5 Å². The van der Waals surface area contributed by atoms with E-state index in [4.69, 9.17) is 0 Å². The number of benzene rings is 1. The predicted molar refractivity (Wildman–Crippen MR) is 53.0 cm³/mol. The maximum Gasteiger partial charge on any atom is 0.269 e. The van der Waals surface area contributed by atoms with Gasteiger partial charge in [-0.05, 0) is 12.1 Å². The molecule has 0 saturated carbocycles. The van der Waals surface area contributed by atoms with Gasteiger partial charge in [0.1, 0.15) is 0 Å². The van der Waals surface area contributed by atoms with Crippen molar-refractivity contribution in [1.82, 2.24) is 4.98 Å². The van der Waals surface area contributed by atoms with Gasteiger partial charge in [-0.3, -0.25) is 10.1 Å². The van der Waals surface area contributed by atoms with E-state index in [0.29, 0.717) is 0 Å². The van der Waals surface area contributed by atoms with Crippen molar-refractivity contribution in [2.24, 2.45) is 0 Å². The van der Waals surface area contributed by atoms with E-state index in [2.05, 4.69) is 10.5 Å². The van der Waals surface area contributed by atoms with Crippen molar-refractivity contribution < 1.29 is 4.92 Å². The molecule has 4 nitrogen and oxygen atoms in total. The Morgan fingerprint density at radius 3 is 2.57 bits per heavy atom. The number of rotatable bonds is 2. The van der Waals surface area contributed by atoms with Crippen LogP contribution in [-0.2, 0) is 0 Å². The van der Waals surface area contributed by atoms with Gasteiger partial charge in [0.25, 0.3) is 5.69 Å². The van der Waals surface area contributed by atoms with Crippen LogP contribution in [0.15, 0.2) is 29.6 Å². The van der Waals surface area contributed by atoms with Crippen molar-refractivity contribution in [1.29, 1.82) is 0 Å². The Kier molecular flexibility index (Phi) is 2.24. The number of aromatic nitrogens is 1. The molecular weight excluding hydrogens is 200 g/mol. The van der Waals surface area contributed by atoms with E-state index in [0.717, 1.165) is 11.3 Å². The van der Waals surface area contributed by atoms with Gasteiger partial charge >= 0.3 is 0 Å². The highest BCUT2D eigenvalue weighted by Gasteiger charge is 2.05. The largest absolute Gasteiger partial charge is 0.269 e. The lowest BCUT2D eigenvalue weighted by Gasteiger charge is -1.95. The molecule has 2 rings (SSSR count). The molecule has 0 bridgehead atoms. The van der Waals surface area contributed by atoms with Crippen LogP contribution in [0.2, 0.25) is 0 Å². The van der Waals surface area contributed by atoms with E-state index in [-0.39, 0.29) is 5.69 Å². The van der Waals surface area contributed by atoms with Crippen LogP contribution in [0.3, 0.4) is 0 Å². The monoisotopic (exact) mass is 205 g/mol. The standard InChI is InChI=1S/C9H5N2O2S/c12-11(13)8-3-1-7(2-4-8)9-5-14-6-10-9/h1-5H. The van der Waals surface area contributed by atoms with E-state index < -0.39 is 4.92 Å². The number of nitro groups is 1. The Balaban J connectivity index is 2.36. The Labute approximate surface area is 84.0 Å². The maximum absolute atomic E-state index is 10.4. The quantitative estimate of drug-likeness (QED) is 0.559. The topological polar surface area (TPSA) is 56.0 Å².